The van der Waals surface area contributed by atoms with Crippen molar-refractivity contribution in [2.75, 3.05) is 25.5 Å². The Kier molecular flexibility index (Phi) is 5.56. The van der Waals surface area contributed by atoms with Crippen molar-refractivity contribution in [2.45, 2.75) is 45.1 Å². The number of ether oxygens (including phenoxy) is 1. The topological polar surface area (TPSA) is 54.3 Å². The Balaban J connectivity index is 1.89. The summed E-state index contributed by atoms with van der Waals surface area (Å²) in [4.78, 5) is 18.1. The summed E-state index contributed by atoms with van der Waals surface area (Å²) in [6, 6.07) is 5.41. The highest BCUT2D eigenvalue weighted by molar-refractivity contribution is 8.14. The molecule has 1 atom stereocenters. The predicted octanol–water partition coefficient (Wildman–Crippen LogP) is 4.78. The van der Waals surface area contributed by atoms with E-state index in [2.05, 4.69) is 17.0 Å². The van der Waals surface area contributed by atoms with Crippen LogP contribution in [0.4, 0.5) is 11.4 Å². The lowest BCUT2D eigenvalue weighted by Crippen LogP contribution is -2.53. The molecule has 2 aliphatic rings. The molecule has 0 aromatic heterocycles. The molecule has 130 valence electrons. The fraction of sp³-hybridized carbons (Fsp3) is 0.611. The highest BCUT2D eigenvalue weighted by Crippen LogP contribution is 2.40. The lowest BCUT2D eigenvalue weighted by molar-refractivity contribution is -0.00499. The van der Waals surface area contributed by atoms with E-state index in [9.17, 15) is 4.91 Å². The maximum absolute atomic E-state index is 10.7. The Morgan fingerprint density at radius 3 is 2.96 bits per heavy atom. The molecule has 0 aliphatic carbocycles. The molecule has 2 saturated heterocycles. The quantitative estimate of drug-likeness (QED) is 0.719. The van der Waals surface area contributed by atoms with Crippen molar-refractivity contribution >= 4 is 28.3 Å². The lowest BCUT2D eigenvalue weighted by atomic mass is 9.92. The van der Waals surface area contributed by atoms with Gasteiger partial charge < -0.3 is 9.64 Å². The Morgan fingerprint density at radius 2 is 2.29 bits per heavy atom. The van der Waals surface area contributed by atoms with Crippen molar-refractivity contribution < 1.29 is 4.74 Å². The van der Waals surface area contributed by atoms with Crippen molar-refractivity contribution in [3.63, 3.8) is 0 Å². The first-order valence-corrected chi connectivity index (χ1v) is 9.68. The second-order valence-electron chi connectivity index (χ2n) is 6.63. The maximum atomic E-state index is 10.7. The molecule has 3 rings (SSSR count). The summed E-state index contributed by atoms with van der Waals surface area (Å²) in [5.74, 6) is 1.04. The summed E-state index contributed by atoms with van der Waals surface area (Å²) in [5, 5.41) is 4.08. The van der Waals surface area contributed by atoms with Crippen molar-refractivity contribution in [3.8, 4) is 0 Å². The number of thioether (sulfide) groups is 1. The zero-order chi connectivity index (χ0) is 17.0. The number of rotatable bonds is 5. The Morgan fingerprint density at radius 1 is 1.42 bits per heavy atom. The summed E-state index contributed by atoms with van der Waals surface area (Å²) in [6.07, 6.45) is 4.63. The van der Waals surface area contributed by atoms with Crippen LogP contribution in [0.25, 0.3) is 0 Å². The van der Waals surface area contributed by atoms with Gasteiger partial charge in [0.1, 0.15) is 5.69 Å². The second-order valence-corrected chi connectivity index (χ2v) is 7.57. The summed E-state index contributed by atoms with van der Waals surface area (Å²) >= 11 is 1.83. The molecular formula is C18H25N3O2S. The van der Waals surface area contributed by atoms with Crippen molar-refractivity contribution in [3.05, 3.63) is 28.7 Å². The molecule has 0 bridgehead atoms. The molecule has 1 unspecified atom stereocenters. The molecular weight excluding hydrogens is 322 g/mol. The fourth-order valence-corrected chi connectivity index (χ4v) is 4.77. The average Bonchev–Trinajstić information content (AvgIpc) is 2.92. The van der Waals surface area contributed by atoms with Crippen molar-refractivity contribution in [1.29, 1.82) is 0 Å². The summed E-state index contributed by atoms with van der Waals surface area (Å²) in [5.41, 5.74) is 2.46. The van der Waals surface area contributed by atoms with Gasteiger partial charge in [-0.1, -0.05) is 25.1 Å². The van der Waals surface area contributed by atoms with Crippen LogP contribution in [0.1, 0.15) is 38.2 Å². The number of amidine groups is 1. The Bertz CT molecular complexity index is 627. The monoisotopic (exact) mass is 347 g/mol. The molecule has 2 heterocycles. The number of unbranched alkanes of at least 4 members (excludes halogenated alkanes) is 1. The van der Waals surface area contributed by atoms with Crippen LogP contribution >= 0.6 is 11.8 Å². The lowest BCUT2D eigenvalue weighted by Gasteiger charge is -2.41. The molecule has 2 aliphatic heterocycles. The third kappa shape index (κ3) is 3.49. The molecule has 0 saturated carbocycles. The summed E-state index contributed by atoms with van der Waals surface area (Å²) < 4.78 is 5.81. The third-order valence-corrected chi connectivity index (χ3v) is 6.06. The fourth-order valence-electron chi connectivity index (χ4n) is 3.39. The molecule has 6 heteroatoms. The molecule has 0 radical (unpaired) electrons. The molecule has 0 amide bonds. The third-order valence-electron chi connectivity index (χ3n) is 4.81. The van der Waals surface area contributed by atoms with Crippen molar-refractivity contribution in [2.24, 2.45) is 10.2 Å². The van der Waals surface area contributed by atoms with Crippen LogP contribution in [-0.4, -0.2) is 41.1 Å². The van der Waals surface area contributed by atoms with E-state index in [0.717, 1.165) is 54.8 Å². The van der Waals surface area contributed by atoms with Crippen LogP contribution in [0.3, 0.4) is 0 Å². The number of benzene rings is 1. The SMILES string of the molecule is CCCCN1C(=Nc2ccc(N=O)cc2C)SCC12CCCOC2. The number of nitrogens with zero attached hydrogens (tertiary/aromatic N) is 3. The van der Waals surface area contributed by atoms with Gasteiger partial charge in [0.05, 0.1) is 17.8 Å². The van der Waals surface area contributed by atoms with Crippen LogP contribution < -0.4 is 0 Å². The number of hydrogen-bond donors (Lipinski definition) is 0. The van der Waals surface area contributed by atoms with Crippen LogP contribution in [0.5, 0.6) is 0 Å². The van der Waals surface area contributed by atoms with E-state index >= 15 is 0 Å². The van der Waals surface area contributed by atoms with Gasteiger partial charge >= 0.3 is 0 Å². The minimum absolute atomic E-state index is 0.106. The number of nitroso groups, excluding NO2 is 1. The van der Waals surface area contributed by atoms with Gasteiger partial charge in [-0.05, 0) is 55.1 Å². The molecule has 5 nitrogen and oxygen atoms in total. The second kappa shape index (κ2) is 7.66. The average molecular weight is 347 g/mol. The summed E-state index contributed by atoms with van der Waals surface area (Å²) in [7, 11) is 0. The van der Waals surface area contributed by atoms with E-state index in [4.69, 9.17) is 9.73 Å². The van der Waals surface area contributed by atoms with Gasteiger partial charge in [-0.15, -0.1) is 4.91 Å². The highest BCUT2D eigenvalue weighted by atomic mass is 32.2. The first-order chi connectivity index (χ1) is 11.7. The molecule has 1 aromatic carbocycles. The molecule has 0 N–H and O–H groups in total. The van der Waals surface area contributed by atoms with Crippen LogP contribution in [0.2, 0.25) is 0 Å². The van der Waals surface area contributed by atoms with E-state index in [1.165, 1.54) is 12.8 Å². The van der Waals surface area contributed by atoms with E-state index in [1.54, 1.807) is 12.1 Å². The van der Waals surface area contributed by atoms with E-state index in [1.807, 2.05) is 24.8 Å². The largest absolute Gasteiger partial charge is 0.379 e. The minimum Gasteiger partial charge on any atom is -0.379 e. The van der Waals surface area contributed by atoms with Crippen LogP contribution in [0.15, 0.2) is 28.4 Å². The number of aryl methyl sites for hydroxylation is 1. The smallest absolute Gasteiger partial charge is 0.165 e. The number of aliphatic imine (C=N–C) groups is 1. The van der Waals surface area contributed by atoms with Gasteiger partial charge in [0.25, 0.3) is 0 Å². The Hall–Kier alpha value is -1.40. The normalized spacial score (nSPS) is 25.6. The number of hydrogen-bond acceptors (Lipinski definition) is 5. The van der Waals surface area contributed by atoms with Gasteiger partial charge in [0.15, 0.2) is 5.17 Å². The Labute approximate surface area is 147 Å². The van der Waals surface area contributed by atoms with Crippen LogP contribution in [-0.2, 0) is 4.74 Å². The molecule has 1 aromatic rings. The van der Waals surface area contributed by atoms with Gasteiger partial charge in [-0.3, -0.25) is 0 Å². The highest BCUT2D eigenvalue weighted by Gasteiger charge is 2.45. The predicted molar refractivity (Wildman–Crippen MR) is 101 cm³/mol. The molecule has 24 heavy (non-hydrogen) atoms. The van der Waals surface area contributed by atoms with Gasteiger partial charge in [0, 0.05) is 18.9 Å². The van der Waals surface area contributed by atoms with E-state index in [0.29, 0.717) is 5.69 Å². The van der Waals surface area contributed by atoms with E-state index < -0.39 is 0 Å². The first kappa shape index (κ1) is 17.4. The standard InChI is InChI=1S/C18H25N3O2S/c1-3-4-9-21-17(24-13-18(21)8-5-10-23-12-18)19-16-7-6-15(20-22)11-14(16)2/h6-7,11H,3-5,8-10,12-13H2,1-2H3. The zero-order valence-electron chi connectivity index (χ0n) is 14.5. The van der Waals surface area contributed by atoms with Crippen molar-refractivity contribution in [1.82, 2.24) is 4.90 Å². The van der Waals surface area contributed by atoms with E-state index in [-0.39, 0.29) is 5.54 Å². The maximum Gasteiger partial charge on any atom is 0.165 e. The first-order valence-electron chi connectivity index (χ1n) is 8.69. The molecule has 2 fully saturated rings. The van der Waals surface area contributed by atoms with Crippen LogP contribution in [0, 0.1) is 11.8 Å². The molecule has 1 spiro atoms. The van der Waals surface area contributed by atoms with Gasteiger partial charge in [-0.2, -0.15) is 0 Å². The summed E-state index contributed by atoms with van der Waals surface area (Å²) in [6.45, 7) is 6.90. The minimum atomic E-state index is 0.106. The zero-order valence-corrected chi connectivity index (χ0v) is 15.3. The van der Waals surface area contributed by atoms with Gasteiger partial charge in [0.2, 0.25) is 0 Å². The van der Waals surface area contributed by atoms with Gasteiger partial charge in [-0.25, -0.2) is 4.99 Å².